The third-order valence-electron chi connectivity index (χ3n) is 3.09. The summed E-state index contributed by atoms with van der Waals surface area (Å²) in [4.78, 5) is 10.9. The van der Waals surface area contributed by atoms with Crippen molar-refractivity contribution in [1.29, 1.82) is 0 Å². The van der Waals surface area contributed by atoms with Gasteiger partial charge in [-0.3, -0.25) is 15.6 Å². The van der Waals surface area contributed by atoms with E-state index in [4.69, 9.17) is 5.84 Å². The highest BCUT2D eigenvalue weighted by molar-refractivity contribution is 6.25. The highest BCUT2D eigenvalue weighted by Crippen LogP contribution is 2.17. The average Bonchev–Trinajstić information content (AvgIpc) is 2.53. The summed E-state index contributed by atoms with van der Waals surface area (Å²) < 4.78 is 0. The maximum atomic E-state index is 10.9. The molecule has 0 saturated heterocycles. The maximum Gasteiger partial charge on any atom is 0.278 e. The highest BCUT2D eigenvalue weighted by atomic mass is 16.2. The predicted octanol–water partition coefficient (Wildman–Crippen LogP) is 1.85. The van der Waals surface area contributed by atoms with Gasteiger partial charge >= 0.3 is 0 Å². The Labute approximate surface area is 123 Å². The van der Waals surface area contributed by atoms with E-state index in [2.05, 4.69) is 40.9 Å². The lowest BCUT2D eigenvalue weighted by atomic mass is 10.0. The van der Waals surface area contributed by atoms with Crippen molar-refractivity contribution in [3.63, 3.8) is 0 Å². The maximum absolute atomic E-state index is 10.9. The van der Waals surface area contributed by atoms with Crippen molar-refractivity contribution in [3.05, 3.63) is 59.8 Å². The van der Waals surface area contributed by atoms with Crippen LogP contribution in [0.25, 0.3) is 10.8 Å². The van der Waals surface area contributed by atoms with E-state index in [1.54, 1.807) is 0 Å². The minimum Gasteiger partial charge on any atom is -0.289 e. The summed E-state index contributed by atoms with van der Waals surface area (Å²) in [5.74, 6) is 4.51. The number of nitrogens with two attached hydrogens (primary N) is 1. The molecule has 0 spiro atoms. The molecular weight excluding hydrogens is 264 g/mol. The number of fused-ring (bicyclic) bond motifs is 1. The first-order valence-electron chi connectivity index (χ1n) is 6.65. The van der Waals surface area contributed by atoms with Crippen LogP contribution in [0.3, 0.4) is 0 Å². The summed E-state index contributed by atoms with van der Waals surface area (Å²) in [5, 5.41) is 6.26. The standard InChI is InChI=1S/C16H18N4O/c1-2-15(20-18-11-16(21)19-17)10-12-7-8-13-5-3-4-6-14(13)9-12/h2-9,11,20H,10,17H2,1H3,(H,19,21)/b15-2-,18-11+. The third kappa shape index (κ3) is 4.15. The molecule has 0 fully saturated rings. The molecule has 108 valence electrons. The second-order valence-corrected chi connectivity index (χ2v) is 4.55. The van der Waals surface area contributed by atoms with E-state index in [0.29, 0.717) is 6.42 Å². The molecular formula is C16H18N4O. The number of hydrogen-bond acceptors (Lipinski definition) is 4. The van der Waals surface area contributed by atoms with Crippen LogP contribution >= 0.6 is 0 Å². The monoisotopic (exact) mass is 282 g/mol. The van der Waals surface area contributed by atoms with Crippen LogP contribution in [0.15, 0.2) is 59.3 Å². The summed E-state index contributed by atoms with van der Waals surface area (Å²) in [5.41, 5.74) is 6.91. The zero-order valence-electron chi connectivity index (χ0n) is 11.8. The number of carbonyl (C=O) groups excluding carboxylic acids is 1. The van der Waals surface area contributed by atoms with Gasteiger partial charge in [0.2, 0.25) is 0 Å². The first-order chi connectivity index (χ1) is 10.2. The fraction of sp³-hybridized carbons (Fsp3) is 0.125. The van der Waals surface area contributed by atoms with Crippen LogP contribution in [0.4, 0.5) is 0 Å². The molecule has 0 unspecified atom stereocenters. The number of nitrogens with one attached hydrogen (secondary N) is 2. The Morgan fingerprint density at radius 2 is 2.00 bits per heavy atom. The Kier molecular flexibility index (Phi) is 5.06. The Morgan fingerprint density at radius 3 is 2.71 bits per heavy atom. The Bertz CT molecular complexity index is 691. The molecule has 2 aromatic carbocycles. The molecule has 0 bridgehead atoms. The van der Waals surface area contributed by atoms with Crippen molar-refractivity contribution >= 4 is 22.9 Å². The van der Waals surface area contributed by atoms with Crippen LogP contribution in [0.1, 0.15) is 12.5 Å². The molecule has 4 N–H and O–H groups in total. The molecule has 0 radical (unpaired) electrons. The van der Waals surface area contributed by atoms with E-state index < -0.39 is 5.91 Å². The summed E-state index contributed by atoms with van der Waals surface area (Å²) >= 11 is 0. The minimum atomic E-state index is -0.455. The lowest BCUT2D eigenvalue weighted by Gasteiger charge is -2.07. The van der Waals surface area contributed by atoms with E-state index in [9.17, 15) is 4.79 Å². The summed E-state index contributed by atoms with van der Waals surface area (Å²) in [7, 11) is 0. The van der Waals surface area contributed by atoms with Crippen LogP contribution in [0.5, 0.6) is 0 Å². The molecule has 0 saturated carbocycles. The molecule has 2 rings (SSSR count). The molecule has 0 aromatic heterocycles. The molecule has 0 atom stereocenters. The zero-order chi connectivity index (χ0) is 15.1. The van der Waals surface area contributed by atoms with Crippen LogP contribution < -0.4 is 16.7 Å². The Hall–Kier alpha value is -2.66. The van der Waals surface area contributed by atoms with Gasteiger partial charge in [-0.2, -0.15) is 5.10 Å². The van der Waals surface area contributed by atoms with E-state index >= 15 is 0 Å². The number of carbonyl (C=O) groups is 1. The first kappa shape index (κ1) is 14.7. The van der Waals surface area contributed by atoms with Gasteiger partial charge in [0.1, 0.15) is 6.21 Å². The van der Waals surface area contributed by atoms with Gasteiger partial charge in [-0.1, -0.05) is 48.5 Å². The molecule has 0 aliphatic heterocycles. The van der Waals surface area contributed by atoms with Crippen molar-refractivity contribution in [2.24, 2.45) is 10.9 Å². The largest absolute Gasteiger partial charge is 0.289 e. The normalized spacial score (nSPS) is 11.8. The summed E-state index contributed by atoms with van der Waals surface area (Å²) in [6.07, 6.45) is 3.74. The van der Waals surface area contributed by atoms with Gasteiger partial charge in [-0.25, -0.2) is 5.84 Å². The molecule has 0 heterocycles. The molecule has 0 aliphatic carbocycles. The molecule has 5 nitrogen and oxygen atoms in total. The number of allylic oxidation sites excluding steroid dienone is 2. The predicted molar refractivity (Wildman–Crippen MR) is 85.4 cm³/mol. The molecule has 1 amide bonds. The van der Waals surface area contributed by atoms with Gasteiger partial charge in [0, 0.05) is 12.1 Å². The van der Waals surface area contributed by atoms with Gasteiger partial charge in [0.05, 0.1) is 0 Å². The quantitative estimate of drug-likeness (QED) is 0.339. The van der Waals surface area contributed by atoms with Gasteiger partial charge in [0.25, 0.3) is 5.91 Å². The second kappa shape index (κ2) is 7.21. The van der Waals surface area contributed by atoms with E-state index in [1.165, 1.54) is 16.3 Å². The fourth-order valence-corrected chi connectivity index (χ4v) is 1.99. The van der Waals surface area contributed by atoms with Gasteiger partial charge in [-0.05, 0) is 23.3 Å². The van der Waals surface area contributed by atoms with Gasteiger partial charge < -0.3 is 0 Å². The molecule has 21 heavy (non-hydrogen) atoms. The van der Waals surface area contributed by atoms with Gasteiger partial charge in [-0.15, -0.1) is 0 Å². The van der Waals surface area contributed by atoms with Crippen LogP contribution in [0, 0.1) is 0 Å². The third-order valence-corrected chi connectivity index (χ3v) is 3.09. The van der Waals surface area contributed by atoms with E-state index in [1.807, 2.05) is 30.6 Å². The lowest BCUT2D eigenvalue weighted by Crippen LogP contribution is -2.31. The number of hydrazine groups is 1. The first-order valence-corrected chi connectivity index (χ1v) is 6.65. The smallest absolute Gasteiger partial charge is 0.278 e. The number of amides is 1. The van der Waals surface area contributed by atoms with Crippen LogP contribution in [0.2, 0.25) is 0 Å². The van der Waals surface area contributed by atoms with Crippen LogP contribution in [-0.4, -0.2) is 12.1 Å². The number of rotatable bonds is 5. The number of hydrogen-bond donors (Lipinski definition) is 3. The Balaban J connectivity index is 2.06. The molecule has 2 aromatic rings. The van der Waals surface area contributed by atoms with Crippen molar-refractivity contribution in [3.8, 4) is 0 Å². The summed E-state index contributed by atoms with van der Waals surface area (Å²) in [6, 6.07) is 14.6. The number of nitrogens with zero attached hydrogens (tertiary/aromatic N) is 1. The average molecular weight is 282 g/mol. The van der Waals surface area contributed by atoms with E-state index in [-0.39, 0.29) is 0 Å². The summed E-state index contributed by atoms with van der Waals surface area (Å²) in [6.45, 7) is 1.92. The van der Waals surface area contributed by atoms with Crippen molar-refractivity contribution in [1.82, 2.24) is 10.9 Å². The SMILES string of the molecule is C/C=C(/Cc1ccc2ccccc2c1)N/N=C/C(=O)NN. The topological polar surface area (TPSA) is 79.5 Å². The van der Waals surface area contributed by atoms with E-state index in [0.717, 1.165) is 11.9 Å². The van der Waals surface area contributed by atoms with Crippen molar-refractivity contribution in [2.75, 3.05) is 0 Å². The second-order valence-electron chi connectivity index (χ2n) is 4.55. The van der Waals surface area contributed by atoms with Crippen molar-refractivity contribution in [2.45, 2.75) is 13.3 Å². The zero-order valence-corrected chi connectivity index (χ0v) is 11.8. The lowest BCUT2D eigenvalue weighted by molar-refractivity contribution is -0.114. The number of benzene rings is 2. The minimum absolute atomic E-state index is 0.455. The molecule has 5 heteroatoms. The van der Waals surface area contributed by atoms with Crippen LogP contribution in [-0.2, 0) is 11.2 Å². The fourth-order valence-electron chi connectivity index (χ4n) is 1.99. The van der Waals surface area contributed by atoms with Gasteiger partial charge in [0.15, 0.2) is 0 Å². The highest BCUT2D eigenvalue weighted by Gasteiger charge is 2.00. The Morgan fingerprint density at radius 1 is 1.24 bits per heavy atom. The van der Waals surface area contributed by atoms with Crippen molar-refractivity contribution < 1.29 is 4.79 Å². The number of hydrazone groups is 1. The molecule has 0 aliphatic rings.